The highest BCUT2D eigenvalue weighted by molar-refractivity contribution is 7.10. The van der Waals surface area contributed by atoms with E-state index >= 15 is 0 Å². The number of hydrogen-bond acceptors (Lipinski definition) is 7. The van der Waals surface area contributed by atoms with Crippen LogP contribution in [0.5, 0.6) is 0 Å². The molecule has 0 radical (unpaired) electrons. The minimum Gasteiger partial charge on any atom is -0.368 e. The predicted octanol–water partition coefficient (Wildman–Crippen LogP) is 2.09. The highest BCUT2D eigenvalue weighted by Crippen LogP contribution is 2.28. The molecular weight excluding hydrogens is 286 g/mol. The number of nitrogens with one attached hydrogen (secondary N) is 3. The number of nitrogens with zero attached hydrogens (tertiary/aromatic N) is 3. The van der Waals surface area contributed by atoms with E-state index in [0.717, 1.165) is 11.9 Å². The van der Waals surface area contributed by atoms with E-state index in [1.165, 1.54) is 4.88 Å². The number of fused-ring (bicyclic) bond motifs is 1. The van der Waals surface area contributed by atoms with E-state index in [-0.39, 0.29) is 5.41 Å². The molecule has 3 rings (SSSR count). The Morgan fingerprint density at radius 3 is 2.95 bits per heavy atom. The normalized spacial score (nSPS) is 11.8. The van der Waals surface area contributed by atoms with Crippen LogP contribution < -0.4 is 16.6 Å². The number of hydrazine groups is 1. The number of H-pyrrole nitrogens is 1. The van der Waals surface area contributed by atoms with Gasteiger partial charge in [-0.2, -0.15) is 15.1 Å². The lowest BCUT2D eigenvalue weighted by molar-refractivity contribution is 0.568. The number of hydrogen-bond donors (Lipinski definition) is 4. The molecular formula is C13H17N7S. The number of thiophene rings is 1. The molecule has 0 aliphatic rings. The van der Waals surface area contributed by atoms with E-state index in [0.29, 0.717) is 17.4 Å². The number of nitrogens with two attached hydrogens (primary N) is 1. The van der Waals surface area contributed by atoms with Crippen molar-refractivity contribution >= 4 is 34.1 Å². The molecule has 0 aliphatic heterocycles. The molecule has 3 heterocycles. The smallest absolute Gasteiger partial charge is 0.241 e. The first-order chi connectivity index (χ1) is 10.1. The molecule has 0 spiro atoms. The van der Waals surface area contributed by atoms with Crippen LogP contribution in [0.4, 0.5) is 11.8 Å². The Hall–Kier alpha value is -2.19. The average molecular weight is 303 g/mol. The maximum absolute atomic E-state index is 5.40. The van der Waals surface area contributed by atoms with Crippen molar-refractivity contribution in [2.24, 2.45) is 5.84 Å². The molecule has 0 atom stereocenters. The molecule has 0 saturated heterocycles. The summed E-state index contributed by atoms with van der Waals surface area (Å²) >= 11 is 1.75. The van der Waals surface area contributed by atoms with Gasteiger partial charge in [-0.1, -0.05) is 19.9 Å². The first kappa shape index (κ1) is 13.8. The Bertz CT molecular complexity index is 732. The third-order valence-corrected chi connectivity index (χ3v) is 4.56. The van der Waals surface area contributed by atoms with E-state index in [1.807, 2.05) is 0 Å². The Morgan fingerprint density at radius 2 is 2.24 bits per heavy atom. The van der Waals surface area contributed by atoms with E-state index in [2.05, 4.69) is 62.3 Å². The van der Waals surface area contributed by atoms with Crippen LogP contribution in [0.1, 0.15) is 18.7 Å². The Kier molecular flexibility index (Phi) is 3.48. The molecule has 0 fully saturated rings. The molecule has 0 aliphatic carbocycles. The fourth-order valence-electron chi connectivity index (χ4n) is 2.09. The zero-order chi connectivity index (χ0) is 14.9. The van der Waals surface area contributed by atoms with Crippen LogP contribution in [0.25, 0.3) is 11.0 Å². The van der Waals surface area contributed by atoms with Gasteiger partial charge < -0.3 is 5.32 Å². The van der Waals surface area contributed by atoms with Gasteiger partial charge in [0.1, 0.15) is 5.82 Å². The molecule has 0 unspecified atom stereocenters. The Balaban J connectivity index is 1.86. The van der Waals surface area contributed by atoms with Gasteiger partial charge in [-0.3, -0.25) is 10.5 Å². The monoisotopic (exact) mass is 303 g/mol. The largest absolute Gasteiger partial charge is 0.368 e. The molecule has 0 bridgehead atoms. The predicted molar refractivity (Wildman–Crippen MR) is 85.3 cm³/mol. The molecule has 110 valence electrons. The van der Waals surface area contributed by atoms with Gasteiger partial charge in [-0.15, -0.1) is 11.3 Å². The van der Waals surface area contributed by atoms with Crippen molar-refractivity contribution in [2.75, 3.05) is 17.3 Å². The lowest BCUT2D eigenvalue weighted by Gasteiger charge is -2.24. The lowest BCUT2D eigenvalue weighted by atomic mass is 9.91. The van der Waals surface area contributed by atoms with Crippen molar-refractivity contribution in [2.45, 2.75) is 19.3 Å². The molecule has 21 heavy (non-hydrogen) atoms. The van der Waals surface area contributed by atoms with Crippen molar-refractivity contribution < 1.29 is 0 Å². The minimum absolute atomic E-state index is 0.00544. The molecule has 0 aromatic carbocycles. The second-order valence-corrected chi connectivity index (χ2v) is 6.33. The lowest BCUT2D eigenvalue weighted by Crippen LogP contribution is -2.27. The van der Waals surface area contributed by atoms with E-state index < -0.39 is 0 Å². The van der Waals surface area contributed by atoms with Crippen molar-refractivity contribution in [3.05, 3.63) is 28.6 Å². The molecule has 0 saturated carbocycles. The van der Waals surface area contributed by atoms with Gasteiger partial charge >= 0.3 is 0 Å². The summed E-state index contributed by atoms with van der Waals surface area (Å²) in [7, 11) is 0. The molecule has 3 aromatic rings. The summed E-state index contributed by atoms with van der Waals surface area (Å²) in [4.78, 5) is 9.89. The standard InChI is InChI=1S/C13H17N7S/c1-13(2,9-4-3-5-21-9)7-15-10-8-6-16-20-11(8)18-12(17-10)19-14/h3-6H,7,14H2,1-2H3,(H3,15,16,17,18,19,20). The third-order valence-electron chi connectivity index (χ3n) is 3.32. The zero-order valence-electron chi connectivity index (χ0n) is 11.8. The zero-order valence-corrected chi connectivity index (χ0v) is 12.7. The maximum Gasteiger partial charge on any atom is 0.241 e. The average Bonchev–Trinajstić information content (AvgIpc) is 3.15. The SMILES string of the molecule is CC(C)(CNc1nc(NN)nc2[nH]ncc12)c1cccs1. The van der Waals surface area contributed by atoms with Gasteiger partial charge in [-0.05, 0) is 11.4 Å². The van der Waals surface area contributed by atoms with E-state index in [9.17, 15) is 0 Å². The van der Waals surface area contributed by atoms with Crippen molar-refractivity contribution in [3.63, 3.8) is 0 Å². The molecule has 5 N–H and O–H groups in total. The summed E-state index contributed by atoms with van der Waals surface area (Å²) in [6.07, 6.45) is 1.70. The van der Waals surface area contributed by atoms with Crippen molar-refractivity contribution in [1.82, 2.24) is 20.2 Å². The quantitative estimate of drug-likeness (QED) is 0.425. The summed E-state index contributed by atoms with van der Waals surface area (Å²) in [6, 6.07) is 4.21. The number of nitrogen functional groups attached to an aromatic ring is 1. The van der Waals surface area contributed by atoms with Gasteiger partial charge in [0.2, 0.25) is 5.95 Å². The highest BCUT2D eigenvalue weighted by Gasteiger charge is 2.22. The summed E-state index contributed by atoms with van der Waals surface area (Å²) < 4.78 is 0. The number of aromatic amines is 1. The van der Waals surface area contributed by atoms with Gasteiger partial charge in [0.25, 0.3) is 0 Å². The van der Waals surface area contributed by atoms with Gasteiger partial charge in [-0.25, -0.2) is 5.84 Å². The number of aromatic nitrogens is 4. The minimum atomic E-state index is 0.00544. The second kappa shape index (κ2) is 5.30. The van der Waals surface area contributed by atoms with Crippen LogP contribution in [-0.2, 0) is 5.41 Å². The maximum atomic E-state index is 5.40. The number of rotatable bonds is 5. The fraction of sp³-hybridized carbons (Fsp3) is 0.308. The summed E-state index contributed by atoms with van der Waals surface area (Å²) in [5.74, 6) is 6.47. The molecule has 3 aromatic heterocycles. The number of anilines is 2. The summed E-state index contributed by atoms with van der Waals surface area (Å²) in [5, 5.41) is 13.1. The van der Waals surface area contributed by atoms with Crippen LogP contribution in [-0.4, -0.2) is 26.7 Å². The van der Waals surface area contributed by atoms with Crippen LogP contribution in [0.2, 0.25) is 0 Å². The first-order valence-electron chi connectivity index (χ1n) is 6.56. The fourth-order valence-corrected chi connectivity index (χ4v) is 2.94. The topological polar surface area (TPSA) is 105 Å². The van der Waals surface area contributed by atoms with Gasteiger partial charge in [0.15, 0.2) is 5.65 Å². The third kappa shape index (κ3) is 2.67. The Morgan fingerprint density at radius 1 is 1.38 bits per heavy atom. The van der Waals surface area contributed by atoms with E-state index in [1.54, 1.807) is 17.5 Å². The molecule has 8 heteroatoms. The van der Waals surface area contributed by atoms with Gasteiger partial charge in [0.05, 0.1) is 11.6 Å². The van der Waals surface area contributed by atoms with Gasteiger partial charge in [0, 0.05) is 16.8 Å². The van der Waals surface area contributed by atoms with Crippen LogP contribution in [0.15, 0.2) is 23.7 Å². The van der Waals surface area contributed by atoms with Crippen LogP contribution >= 0.6 is 11.3 Å². The molecule has 7 nitrogen and oxygen atoms in total. The molecule has 0 amide bonds. The second-order valence-electron chi connectivity index (χ2n) is 5.39. The summed E-state index contributed by atoms with van der Waals surface area (Å²) in [6.45, 7) is 5.14. The van der Waals surface area contributed by atoms with E-state index in [4.69, 9.17) is 5.84 Å². The van der Waals surface area contributed by atoms with Crippen molar-refractivity contribution in [1.29, 1.82) is 0 Å². The van der Waals surface area contributed by atoms with Crippen LogP contribution in [0, 0.1) is 0 Å². The highest BCUT2D eigenvalue weighted by atomic mass is 32.1. The Labute approximate surface area is 126 Å². The van der Waals surface area contributed by atoms with Crippen LogP contribution in [0.3, 0.4) is 0 Å². The summed E-state index contributed by atoms with van der Waals surface area (Å²) in [5.41, 5.74) is 3.12. The van der Waals surface area contributed by atoms with Crippen molar-refractivity contribution in [3.8, 4) is 0 Å². The first-order valence-corrected chi connectivity index (χ1v) is 7.44.